The lowest BCUT2D eigenvalue weighted by Gasteiger charge is -2.33. The molecule has 0 amide bonds. The minimum atomic E-state index is -3.59. The average molecular weight is 494 g/mol. The Hall–Kier alpha value is -2.73. The van der Waals surface area contributed by atoms with Gasteiger partial charge >= 0.3 is 0 Å². The number of rotatable bonds is 11. The first-order chi connectivity index (χ1) is 16.0. The molecule has 1 aromatic heterocycles. The molecule has 1 atom stereocenters. The van der Waals surface area contributed by atoms with Crippen molar-refractivity contribution in [3.05, 3.63) is 77.9 Å². The molecule has 0 saturated carbocycles. The summed E-state index contributed by atoms with van der Waals surface area (Å²) in [7, 11) is -1.86. The predicted molar refractivity (Wildman–Crippen MR) is 123 cm³/mol. The molecule has 2 N–H and O–H groups in total. The van der Waals surface area contributed by atoms with Crippen LogP contribution in [0.15, 0.2) is 60.0 Å². The Morgan fingerprint density at radius 3 is 2.47 bits per heavy atom. The lowest BCUT2D eigenvalue weighted by Crippen LogP contribution is -2.43. The largest absolute Gasteiger partial charge is 0.382 e. The quantitative estimate of drug-likeness (QED) is 0.426. The Bertz CT molecular complexity index is 1190. The van der Waals surface area contributed by atoms with Gasteiger partial charge in [-0.3, -0.25) is 4.90 Å². The van der Waals surface area contributed by atoms with Gasteiger partial charge in [0.25, 0.3) is 0 Å². The number of aliphatic hydroxyl groups is 1. The van der Waals surface area contributed by atoms with Crippen LogP contribution in [0.3, 0.4) is 0 Å². The number of aromatic nitrogens is 3. The van der Waals surface area contributed by atoms with Crippen molar-refractivity contribution in [1.29, 1.82) is 0 Å². The highest BCUT2D eigenvalue weighted by Gasteiger charge is 2.35. The summed E-state index contributed by atoms with van der Waals surface area (Å²) in [5, 5.41) is 15.4. The lowest BCUT2D eigenvalue weighted by atomic mass is 9.92. The molecule has 2 aromatic carbocycles. The maximum atomic E-state index is 14.6. The molecule has 0 aliphatic heterocycles. The third kappa shape index (κ3) is 6.66. The summed E-state index contributed by atoms with van der Waals surface area (Å²) in [4.78, 5) is 5.78. The first-order valence-corrected chi connectivity index (χ1v) is 12.2. The first kappa shape index (κ1) is 25.9. The standard InChI is InChI=1S/C23H29F2N5O3S/c1-17(2)11-28-34(32,33)20-7-4-18(5-8-20)12-29(3)13-23(31,14-30-16-26-15-27-30)21-9-6-19(24)10-22(21)25/h4-10,15-17,28,31H,11-14H2,1-3H3. The Morgan fingerprint density at radius 2 is 1.88 bits per heavy atom. The van der Waals surface area contributed by atoms with Gasteiger partial charge in [-0.2, -0.15) is 5.10 Å². The van der Waals surface area contributed by atoms with Gasteiger partial charge in [-0.25, -0.2) is 31.6 Å². The van der Waals surface area contributed by atoms with E-state index in [1.54, 1.807) is 24.1 Å². The van der Waals surface area contributed by atoms with E-state index in [-0.39, 0.29) is 29.5 Å². The average Bonchev–Trinajstić information content (AvgIpc) is 3.25. The van der Waals surface area contributed by atoms with Crippen molar-refractivity contribution in [2.45, 2.75) is 37.4 Å². The molecule has 8 nitrogen and oxygen atoms in total. The fraction of sp³-hybridized carbons (Fsp3) is 0.391. The molecule has 0 aliphatic rings. The summed E-state index contributed by atoms with van der Waals surface area (Å²) in [5.41, 5.74) is -0.994. The van der Waals surface area contributed by atoms with Crippen LogP contribution >= 0.6 is 0 Å². The van der Waals surface area contributed by atoms with E-state index in [4.69, 9.17) is 0 Å². The predicted octanol–water partition coefficient (Wildman–Crippen LogP) is 2.51. The van der Waals surface area contributed by atoms with Crippen LogP contribution in [-0.4, -0.2) is 53.3 Å². The number of hydrogen-bond acceptors (Lipinski definition) is 6. The molecule has 1 heterocycles. The van der Waals surface area contributed by atoms with Gasteiger partial charge in [-0.1, -0.05) is 32.0 Å². The first-order valence-electron chi connectivity index (χ1n) is 10.8. The Kier molecular flexibility index (Phi) is 8.13. The SMILES string of the molecule is CC(C)CNS(=O)(=O)c1ccc(CN(C)CC(O)(Cn2cncn2)c2ccc(F)cc2F)cc1. The summed E-state index contributed by atoms with van der Waals surface area (Å²) in [5.74, 6) is -1.42. The van der Waals surface area contributed by atoms with Gasteiger partial charge in [0.05, 0.1) is 11.4 Å². The van der Waals surface area contributed by atoms with Gasteiger partial charge in [-0.15, -0.1) is 0 Å². The topological polar surface area (TPSA) is 100 Å². The van der Waals surface area contributed by atoms with Crippen LogP contribution in [-0.2, 0) is 28.7 Å². The van der Waals surface area contributed by atoms with Crippen molar-refractivity contribution in [1.82, 2.24) is 24.4 Å². The molecule has 1 unspecified atom stereocenters. The van der Waals surface area contributed by atoms with Crippen molar-refractivity contribution in [3.8, 4) is 0 Å². The van der Waals surface area contributed by atoms with Crippen molar-refractivity contribution < 1.29 is 22.3 Å². The van der Waals surface area contributed by atoms with E-state index in [2.05, 4.69) is 14.8 Å². The minimum Gasteiger partial charge on any atom is -0.382 e. The molecule has 0 fully saturated rings. The fourth-order valence-corrected chi connectivity index (χ4v) is 4.83. The molecule has 3 rings (SSSR count). The highest BCUT2D eigenvalue weighted by atomic mass is 32.2. The van der Waals surface area contributed by atoms with Crippen molar-refractivity contribution >= 4 is 10.0 Å². The summed E-state index contributed by atoms with van der Waals surface area (Å²) >= 11 is 0. The number of hydrogen-bond donors (Lipinski definition) is 2. The highest BCUT2D eigenvalue weighted by molar-refractivity contribution is 7.89. The Balaban J connectivity index is 1.76. The number of likely N-dealkylation sites (N-methyl/N-ethyl adjacent to an activating group) is 1. The molecule has 0 aliphatic carbocycles. The van der Waals surface area contributed by atoms with Crippen LogP contribution in [0.25, 0.3) is 0 Å². The second kappa shape index (κ2) is 10.7. The van der Waals surface area contributed by atoms with Crippen LogP contribution in [0.4, 0.5) is 8.78 Å². The molecule has 0 bridgehead atoms. The van der Waals surface area contributed by atoms with Crippen LogP contribution in [0.1, 0.15) is 25.0 Å². The molecule has 0 saturated heterocycles. The van der Waals surface area contributed by atoms with E-state index >= 15 is 0 Å². The second-order valence-corrected chi connectivity index (χ2v) is 10.6. The maximum absolute atomic E-state index is 14.6. The molecule has 0 spiro atoms. The zero-order valence-corrected chi connectivity index (χ0v) is 20.1. The van der Waals surface area contributed by atoms with Crippen LogP contribution < -0.4 is 4.72 Å². The van der Waals surface area contributed by atoms with Gasteiger partial charge in [0.15, 0.2) is 0 Å². The van der Waals surface area contributed by atoms with E-state index < -0.39 is 27.3 Å². The summed E-state index contributed by atoms with van der Waals surface area (Å²) in [6, 6.07) is 9.47. The fourth-order valence-electron chi connectivity index (χ4n) is 3.62. The smallest absolute Gasteiger partial charge is 0.240 e. The number of sulfonamides is 1. The van der Waals surface area contributed by atoms with E-state index in [0.29, 0.717) is 13.1 Å². The molecule has 3 aromatic rings. The minimum absolute atomic E-state index is 0.00853. The zero-order valence-electron chi connectivity index (χ0n) is 19.3. The van der Waals surface area contributed by atoms with E-state index in [0.717, 1.165) is 17.7 Å². The van der Waals surface area contributed by atoms with Crippen LogP contribution in [0.2, 0.25) is 0 Å². The second-order valence-electron chi connectivity index (χ2n) is 8.81. The summed E-state index contributed by atoms with van der Waals surface area (Å²) in [6.45, 7) is 4.43. The Morgan fingerprint density at radius 1 is 1.18 bits per heavy atom. The summed E-state index contributed by atoms with van der Waals surface area (Å²) in [6.07, 6.45) is 2.70. The molecular weight excluding hydrogens is 464 g/mol. The third-order valence-corrected chi connectivity index (χ3v) is 6.66. The number of benzene rings is 2. The normalized spacial score (nSPS) is 14.0. The monoisotopic (exact) mass is 493 g/mol. The highest BCUT2D eigenvalue weighted by Crippen LogP contribution is 2.28. The number of nitrogens with zero attached hydrogens (tertiary/aromatic N) is 4. The molecule has 184 valence electrons. The van der Waals surface area contributed by atoms with Gasteiger partial charge in [0.2, 0.25) is 10.0 Å². The molecule has 34 heavy (non-hydrogen) atoms. The van der Waals surface area contributed by atoms with Gasteiger partial charge in [-0.05, 0) is 36.7 Å². The van der Waals surface area contributed by atoms with Gasteiger partial charge in [0, 0.05) is 31.3 Å². The van der Waals surface area contributed by atoms with E-state index in [1.165, 1.54) is 35.5 Å². The van der Waals surface area contributed by atoms with E-state index in [9.17, 15) is 22.3 Å². The van der Waals surface area contributed by atoms with Crippen LogP contribution in [0, 0.1) is 17.6 Å². The van der Waals surface area contributed by atoms with Crippen molar-refractivity contribution in [3.63, 3.8) is 0 Å². The molecular formula is C23H29F2N5O3S. The van der Waals surface area contributed by atoms with Crippen LogP contribution in [0.5, 0.6) is 0 Å². The van der Waals surface area contributed by atoms with Crippen molar-refractivity contribution in [2.24, 2.45) is 5.92 Å². The number of nitrogens with one attached hydrogen (secondary N) is 1. The van der Waals surface area contributed by atoms with Gasteiger partial charge < -0.3 is 5.11 Å². The Labute approximate surface area is 198 Å². The maximum Gasteiger partial charge on any atom is 0.240 e. The lowest BCUT2D eigenvalue weighted by molar-refractivity contribution is -0.0175. The third-order valence-electron chi connectivity index (χ3n) is 5.22. The van der Waals surface area contributed by atoms with Gasteiger partial charge in [0.1, 0.15) is 29.9 Å². The van der Waals surface area contributed by atoms with E-state index in [1.807, 2.05) is 13.8 Å². The zero-order chi connectivity index (χ0) is 24.9. The molecule has 0 radical (unpaired) electrons. The number of halogens is 2. The molecule has 11 heteroatoms. The summed E-state index contributed by atoms with van der Waals surface area (Å²) < 4.78 is 56.8. The van der Waals surface area contributed by atoms with Crippen molar-refractivity contribution in [2.75, 3.05) is 20.1 Å².